The highest BCUT2D eigenvalue weighted by Gasteiger charge is 2.24. The van der Waals surface area contributed by atoms with Crippen molar-refractivity contribution in [3.63, 3.8) is 0 Å². The number of halogens is 1. The molecule has 132 valence electrons. The number of carbonyl (C=O) groups is 1. The molecule has 0 saturated carbocycles. The van der Waals surface area contributed by atoms with Gasteiger partial charge < -0.3 is 15.0 Å². The molecular weight excluding hydrogens is 337 g/mol. The summed E-state index contributed by atoms with van der Waals surface area (Å²) in [4.78, 5) is 27.9. The molecule has 0 radical (unpaired) electrons. The summed E-state index contributed by atoms with van der Waals surface area (Å²) >= 11 is 0. The van der Waals surface area contributed by atoms with E-state index in [1.165, 1.54) is 6.20 Å². The number of nitrogens with one attached hydrogen (secondary N) is 1. The Bertz CT molecular complexity index is 1110. The number of carboxylic acid groups (broad SMARTS) is 1. The van der Waals surface area contributed by atoms with Gasteiger partial charge in [-0.2, -0.15) is 0 Å². The molecule has 0 bridgehead atoms. The van der Waals surface area contributed by atoms with E-state index >= 15 is 0 Å². The van der Waals surface area contributed by atoms with Crippen molar-refractivity contribution in [1.82, 2.24) is 9.55 Å². The average molecular weight is 353 g/mol. The highest BCUT2D eigenvalue weighted by atomic mass is 19.1. The van der Waals surface area contributed by atoms with Crippen molar-refractivity contribution in [2.24, 2.45) is 7.05 Å². The zero-order valence-electron chi connectivity index (χ0n) is 14.0. The van der Waals surface area contributed by atoms with Gasteiger partial charge in [-0.05, 0) is 37.1 Å². The van der Waals surface area contributed by atoms with E-state index in [1.54, 1.807) is 23.9 Å². The molecule has 4 rings (SSSR count). The largest absolute Gasteiger partial charge is 0.477 e. The second-order valence-electron chi connectivity index (χ2n) is 6.41. The number of fused-ring (bicyclic) bond motifs is 2. The van der Waals surface area contributed by atoms with E-state index in [0.717, 1.165) is 23.9 Å². The molecule has 0 saturated heterocycles. The minimum atomic E-state index is -1.32. The summed E-state index contributed by atoms with van der Waals surface area (Å²) in [6, 6.07) is 6.24. The van der Waals surface area contributed by atoms with Gasteiger partial charge in [0.2, 0.25) is 5.43 Å². The number of aromatic nitrogens is 2. The summed E-state index contributed by atoms with van der Waals surface area (Å²) in [5.74, 6) is -1.85. The maximum Gasteiger partial charge on any atom is 0.341 e. The first kappa shape index (κ1) is 16.3. The molecule has 6 nitrogen and oxygen atoms in total. The number of benzene rings is 1. The molecule has 1 aliphatic heterocycles. The van der Waals surface area contributed by atoms with Crippen LogP contribution >= 0.6 is 0 Å². The van der Waals surface area contributed by atoms with Gasteiger partial charge in [-0.1, -0.05) is 0 Å². The fourth-order valence-corrected chi connectivity index (χ4v) is 3.48. The quantitative estimate of drug-likeness (QED) is 0.740. The van der Waals surface area contributed by atoms with E-state index in [9.17, 15) is 14.0 Å². The second kappa shape index (κ2) is 5.94. The lowest BCUT2D eigenvalue weighted by Gasteiger charge is -2.27. The Morgan fingerprint density at radius 1 is 1.42 bits per heavy atom. The van der Waals surface area contributed by atoms with Crippen LogP contribution in [0.15, 0.2) is 41.5 Å². The minimum absolute atomic E-state index is 0.0616. The van der Waals surface area contributed by atoms with Gasteiger partial charge in [-0.15, -0.1) is 0 Å². The van der Waals surface area contributed by atoms with Crippen LogP contribution < -0.4 is 10.7 Å². The van der Waals surface area contributed by atoms with Gasteiger partial charge >= 0.3 is 5.97 Å². The van der Waals surface area contributed by atoms with Crippen LogP contribution in [0.3, 0.4) is 0 Å². The average Bonchev–Trinajstić information content (AvgIpc) is 2.63. The van der Waals surface area contributed by atoms with Crippen LogP contribution in [-0.2, 0) is 13.5 Å². The Morgan fingerprint density at radius 2 is 2.23 bits per heavy atom. The lowest BCUT2D eigenvalue weighted by atomic mass is 9.94. The molecule has 0 spiro atoms. The number of hydrogen-bond donors (Lipinski definition) is 2. The first-order valence-corrected chi connectivity index (χ1v) is 8.22. The zero-order valence-corrected chi connectivity index (χ0v) is 14.0. The summed E-state index contributed by atoms with van der Waals surface area (Å²) < 4.78 is 16.3. The molecule has 3 aromatic rings. The Hall–Kier alpha value is -3.22. The van der Waals surface area contributed by atoms with Gasteiger partial charge in [0, 0.05) is 30.4 Å². The zero-order chi connectivity index (χ0) is 18.4. The Kier molecular flexibility index (Phi) is 3.72. The predicted molar refractivity (Wildman–Crippen MR) is 95.0 cm³/mol. The molecule has 3 heterocycles. The molecule has 1 aliphatic rings. The first-order valence-electron chi connectivity index (χ1n) is 8.22. The van der Waals surface area contributed by atoms with Gasteiger partial charge in [-0.3, -0.25) is 9.78 Å². The van der Waals surface area contributed by atoms with Gasteiger partial charge in [-0.25, -0.2) is 9.18 Å². The minimum Gasteiger partial charge on any atom is -0.477 e. The van der Waals surface area contributed by atoms with Crippen molar-refractivity contribution < 1.29 is 14.3 Å². The fourth-order valence-electron chi connectivity index (χ4n) is 3.48. The molecule has 26 heavy (non-hydrogen) atoms. The monoisotopic (exact) mass is 353 g/mol. The van der Waals surface area contributed by atoms with Gasteiger partial charge in [0.1, 0.15) is 11.4 Å². The maximum atomic E-state index is 14.8. The van der Waals surface area contributed by atoms with Crippen molar-refractivity contribution in [3.8, 4) is 0 Å². The lowest BCUT2D eigenvalue weighted by molar-refractivity contribution is 0.0695. The van der Waals surface area contributed by atoms with Gasteiger partial charge in [0.15, 0.2) is 0 Å². The van der Waals surface area contributed by atoms with Crippen LogP contribution in [0, 0.1) is 5.82 Å². The lowest BCUT2D eigenvalue weighted by Crippen LogP contribution is -2.21. The number of anilines is 1. The SMILES string of the molecule is Cn1cc(C(=O)O)c(=O)c2cc(F)c(C3CCc4ncccc4N3)cc21. The van der Waals surface area contributed by atoms with Gasteiger partial charge in [0.05, 0.1) is 22.9 Å². The molecule has 1 unspecified atom stereocenters. The van der Waals surface area contributed by atoms with Crippen molar-refractivity contribution in [3.05, 3.63) is 69.5 Å². The van der Waals surface area contributed by atoms with Crippen LogP contribution in [0.2, 0.25) is 0 Å². The third-order valence-electron chi connectivity index (χ3n) is 4.80. The topological polar surface area (TPSA) is 84.2 Å². The number of hydrogen-bond acceptors (Lipinski definition) is 4. The first-order chi connectivity index (χ1) is 12.5. The molecular formula is C19H16FN3O3. The fraction of sp³-hybridized carbons (Fsp3) is 0.211. The van der Waals surface area contributed by atoms with Crippen LogP contribution in [-0.4, -0.2) is 20.6 Å². The molecule has 0 aliphatic carbocycles. The second-order valence-corrected chi connectivity index (χ2v) is 6.41. The summed E-state index contributed by atoms with van der Waals surface area (Å²) in [6.45, 7) is 0. The number of aromatic carboxylic acids is 1. The number of aryl methyl sites for hydroxylation is 2. The van der Waals surface area contributed by atoms with Crippen LogP contribution in [0.5, 0.6) is 0 Å². The van der Waals surface area contributed by atoms with Gasteiger partial charge in [0.25, 0.3) is 0 Å². The third-order valence-corrected chi connectivity index (χ3v) is 4.80. The normalized spacial score (nSPS) is 16.2. The summed E-state index contributed by atoms with van der Waals surface area (Å²) in [5, 5.41) is 12.5. The molecule has 0 fully saturated rings. The number of pyridine rings is 2. The third kappa shape index (κ3) is 2.52. The molecule has 7 heteroatoms. The summed E-state index contributed by atoms with van der Waals surface area (Å²) in [7, 11) is 1.64. The molecule has 0 amide bonds. The predicted octanol–water partition coefficient (Wildman–Crippen LogP) is 2.87. The smallest absolute Gasteiger partial charge is 0.341 e. The molecule has 2 aromatic heterocycles. The van der Waals surface area contributed by atoms with Crippen molar-refractivity contribution in [2.75, 3.05) is 5.32 Å². The van der Waals surface area contributed by atoms with Crippen LogP contribution in [0.25, 0.3) is 10.9 Å². The molecule has 1 aromatic carbocycles. The Labute approximate surface area is 147 Å². The van der Waals surface area contributed by atoms with E-state index < -0.39 is 17.2 Å². The maximum absolute atomic E-state index is 14.8. The molecule has 1 atom stereocenters. The number of nitrogens with zero attached hydrogens (tertiary/aromatic N) is 2. The molecule has 2 N–H and O–H groups in total. The van der Waals surface area contributed by atoms with Crippen molar-refractivity contribution >= 4 is 22.6 Å². The van der Waals surface area contributed by atoms with E-state index in [4.69, 9.17) is 5.11 Å². The summed E-state index contributed by atoms with van der Waals surface area (Å²) in [6.07, 6.45) is 4.39. The highest BCUT2D eigenvalue weighted by Crippen LogP contribution is 2.33. The van der Waals surface area contributed by atoms with E-state index in [-0.39, 0.29) is 17.0 Å². The van der Waals surface area contributed by atoms with E-state index in [2.05, 4.69) is 10.3 Å². The standard InChI is InChI=1S/C19H16FN3O3/c1-23-9-12(19(25)26)18(24)11-7-13(20)10(8-17(11)23)14-4-5-15-16(22-14)3-2-6-21-15/h2-3,6-9,14,22H,4-5H2,1H3,(H,25,26). The van der Waals surface area contributed by atoms with Crippen molar-refractivity contribution in [1.29, 1.82) is 0 Å². The van der Waals surface area contributed by atoms with Crippen LogP contribution in [0.4, 0.5) is 10.1 Å². The van der Waals surface area contributed by atoms with Crippen molar-refractivity contribution in [2.45, 2.75) is 18.9 Å². The van der Waals surface area contributed by atoms with E-state index in [0.29, 0.717) is 17.5 Å². The Morgan fingerprint density at radius 3 is 3.00 bits per heavy atom. The Balaban J connectivity index is 1.84. The van der Waals surface area contributed by atoms with E-state index in [1.807, 2.05) is 12.1 Å². The van der Waals surface area contributed by atoms with Crippen LogP contribution in [0.1, 0.15) is 34.1 Å². The highest BCUT2D eigenvalue weighted by molar-refractivity contribution is 5.92. The number of rotatable bonds is 2. The number of carboxylic acids is 1. The summed E-state index contributed by atoms with van der Waals surface area (Å²) in [5.41, 5.74) is 1.72.